The summed E-state index contributed by atoms with van der Waals surface area (Å²) in [4.78, 5) is 14.4. The Bertz CT molecular complexity index is 637. The number of benzene rings is 2. The fourth-order valence-corrected chi connectivity index (χ4v) is 3.28. The van der Waals surface area contributed by atoms with E-state index >= 15 is 0 Å². The van der Waals surface area contributed by atoms with E-state index in [4.69, 9.17) is 23.2 Å². The van der Waals surface area contributed by atoms with E-state index in [0.29, 0.717) is 16.6 Å². The van der Waals surface area contributed by atoms with Crippen LogP contribution in [0.1, 0.15) is 23.5 Å². The van der Waals surface area contributed by atoms with Gasteiger partial charge in [-0.25, -0.2) is 0 Å². The van der Waals surface area contributed by atoms with Crippen LogP contribution in [0.5, 0.6) is 0 Å². The van der Waals surface area contributed by atoms with Crippen LogP contribution in [-0.4, -0.2) is 17.4 Å². The molecular formula is C17H15Cl2NO. The molecule has 1 atom stereocenters. The maximum atomic E-state index is 12.6. The van der Waals surface area contributed by atoms with Crippen molar-refractivity contribution in [2.45, 2.75) is 18.9 Å². The highest BCUT2D eigenvalue weighted by molar-refractivity contribution is 6.36. The van der Waals surface area contributed by atoms with Gasteiger partial charge in [-0.05, 0) is 24.1 Å². The molecule has 2 nitrogen and oxygen atoms in total. The smallest absolute Gasteiger partial charge is 0.230 e. The van der Waals surface area contributed by atoms with Gasteiger partial charge in [0.15, 0.2) is 0 Å². The van der Waals surface area contributed by atoms with Crippen molar-refractivity contribution in [3.63, 3.8) is 0 Å². The molecule has 0 radical (unpaired) electrons. The third kappa shape index (κ3) is 2.92. The first-order valence-electron chi connectivity index (χ1n) is 6.93. The van der Waals surface area contributed by atoms with Gasteiger partial charge in [-0.2, -0.15) is 0 Å². The van der Waals surface area contributed by atoms with E-state index in [0.717, 1.165) is 24.1 Å². The highest BCUT2D eigenvalue weighted by atomic mass is 35.5. The molecule has 1 aliphatic heterocycles. The van der Waals surface area contributed by atoms with Crippen molar-refractivity contribution < 1.29 is 4.79 Å². The van der Waals surface area contributed by atoms with E-state index < -0.39 is 0 Å². The van der Waals surface area contributed by atoms with Gasteiger partial charge in [0.2, 0.25) is 5.91 Å². The van der Waals surface area contributed by atoms with Gasteiger partial charge < -0.3 is 4.90 Å². The standard InChI is InChI=1S/C17H15Cl2NO/c18-15-7-4-8-16(19)14(15)11-20-10-9-13(17(20)21)12-5-2-1-3-6-12/h1-8,13H,9-11H2. The number of carbonyl (C=O) groups is 1. The molecule has 0 aliphatic carbocycles. The number of amides is 1. The van der Waals surface area contributed by atoms with Gasteiger partial charge in [0.1, 0.15) is 0 Å². The van der Waals surface area contributed by atoms with Crippen molar-refractivity contribution in [2.24, 2.45) is 0 Å². The Morgan fingerprint density at radius 2 is 1.67 bits per heavy atom. The van der Waals surface area contributed by atoms with Gasteiger partial charge in [-0.3, -0.25) is 4.79 Å². The summed E-state index contributed by atoms with van der Waals surface area (Å²) in [6.07, 6.45) is 0.838. The number of halogens is 2. The van der Waals surface area contributed by atoms with E-state index in [1.807, 2.05) is 41.3 Å². The van der Waals surface area contributed by atoms with Crippen molar-refractivity contribution in [2.75, 3.05) is 6.54 Å². The minimum absolute atomic E-state index is 0.0486. The Kier molecular flexibility index (Phi) is 4.18. The summed E-state index contributed by atoms with van der Waals surface area (Å²) in [5.74, 6) is 0.102. The van der Waals surface area contributed by atoms with Gasteiger partial charge in [-0.1, -0.05) is 59.6 Å². The molecule has 21 heavy (non-hydrogen) atoms. The van der Waals surface area contributed by atoms with E-state index in [9.17, 15) is 4.79 Å². The third-order valence-corrected chi connectivity index (χ3v) is 4.62. The minimum atomic E-state index is -0.0486. The highest BCUT2D eigenvalue weighted by Gasteiger charge is 2.33. The first kappa shape index (κ1) is 14.4. The number of rotatable bonds is 3. The summed E-state index contributed by atoms with van der Waals surface area (Å²) >= 11 is 12.4. The molecule has 1 aliphatic rings. The Labute approximate surface area is 134 Å². The molecule has 4 heteroatoms. The SMILES string of the molecule is O=C1C(c2ccccc2)CCN1Cc1c(Cl)cccc1Cl. The zero-order chi connectivity index (χ0) is 14.8. The summed E-state index contributed by atoms with van der Waals surface area (Å²) in [7, 11) is 0. The molecule has 0 spiro atoms. The van der Waals surface area contributed by atoms with Crippen LogP contribution >= 0.6 is 23.2 Å². The van der Waals surface area contributed by atoms with Crippen molar-refractivity contribution in [1.82, 2.24) is 4.90 Å². The second-order valence-electron chi connectivity index (χ2n) is 5.21. The first-order chi connectivity index (χ1) is 10.2. The van der Waals surface area contributed by atoms with Gasteiger partial charge in [0, 0.05) is 28.7 Å². The topological polar surface area (TPSA) is 20.3 Å². The van der Waals surface area contributed by atoms with E-state index in [1.54, 1.807) is 12.1 Å². The lowest BCUT2D eigenvalue weighted by Crippen LogP contribution is -2.26. The van der Waals surface area contributed by atoms with Gasteiger partial charge >= 0.3 is 0 Å². The molecule has 0 saturated carbocycles. The Hall–Kier alpha value is -1.51. The van der Waals surface area contributed by atoms with Crippen LogP contribution in [0, 0.1) is 0 Å². The fourth-order valence-electron chi connectivity index (χ4n) is 2.76. The molecule has 1 unspecified atom stereocenters. The maximum absolute atomic E-state index is 12.6. The molecule has 108 valence electrons. The zero-order valence-electron chi connectivity index (χ0n) is 11.4. The van der Waals surface area contributed by atoms with Crippen LogP contribution < -0.4 is 0 Å². The molecule has 1 amide bonds. The number of carbonyl (C=O) groups excluding carboxylic acids is 1. The molecule has 0 aromatic heterocycles. The van der Waals surface area contributed by atoms with Crippen LogP contribution in [0.25, 0.3) is 0 Å². The lowest BCUT2D eigenvalue weighted by atomic mass is 9.98. The van der Waals surface area contributed by atoms with E-state index in [2.05, 4.69) is 0 Å². The molecular weight excluding hydrogens is 305 g/mol. The summed E-state index contributed by atoms with van der Waals surface area (Å²) in [6.45, 7) is 1.21. The molecule has 0 bridgehead atoms. The molecule has 2 aromatic rings. The van der Waals surface area contributed by atoms with E-state index in [-0.39, 0.29) is 11.8 Å². The molecule has 3 rings (SSSR count). The lowest BCUT2D eigenvalue weighted by molar-refractivity contribution is -0.129. The van der Waals surface area contributed by atoms with Crippen molar-refractivity contribution in [3.8, 4) is 0 Å². The Morgan fingerprint density at radius 1 is 1.00 bits per heavy atom. The molecule has 1 saturated heterocycles. The average Bonchev–Trinajstić information content (AvgIpc) is 2.85. The predicted molar refractivity (Wildman–Crippen MR) is 85.7 cm³/mol. The third-order valence-electron chi connectivity index (χ3n) is 3.91. The first-order valence-corrected chi connectivity index (χ1v) is 7.69. The van der Waals surface area contributed by atoms with Crippen molar-refractivity contribution in [1.29, 1.82) is 0 Å². The zero-order valence-corrected chi connectivity index (χ0v) is 12.9. The fraction of sp³-hybridized carbons (Fsp3) is 0.235. The Morgan fingerprint density at radius 3 is 2.33 bits per heavy atom. The lowest BCUT2D eigenvalue weighted by Gasteiger charge is -2.18. The number of nitrogens with zero attached hydrogens (tertiary/aromatic N) is 1. The van der Waals surface area contributed by atoms with Crippen LogP contribution in [0.2, 0.25) is 10.0 Å². The largest absolute Gasteiger partial charge is 0.338 e. The number of hydrogen-bond acceptors (Lipinski definition) is 1. The molecule has 1 fully saturated rings. The average molecular weight is 320 g/mol. The van der Waals surface area contributed by atoms with Crippen LogP contribution in [0.15, 0.2) is 48.5 Å². The second kappa shape index (κ2) is 6.08. The van der Waals surface area contributed by atoms with Crippen molar-refractivity contribution >= 4 is 29.1 Å². The van der Waals surface area contributed by atoms with Gasteiger partial charge in [0.05, 0.1) is 5.92 Å². The molecule has 1 heterocycles. The Balaban J connectivity index is 1.79. The summed E-state index contributed by atoms with van der Waals surface area (Å²) < 4.78 is 0. The predicted octanol–water partition coefficient (Wildman–Crippen LogP) is 4.51. The highest BCUT2D eigenvalue weighted by Crippen LogP contribution is 2.32. The van der Waals surface area contributed by atoms with Crippen molar-refractivity contribution in [3.05, 3.63) is 69.7 Å². The maximum Gasteiger partial charge on any atom is 0.230 e. The summed E-state index contributed by atoms with van der Waals surface area (Å²) in [5, 5.41) is 1.22. The van der Waals surface area contributed by atoms with E-state index in [1.165, 1.54) is 0 Å². The number of hydrogen-bond donors (Lipinski definition) is 0. The number of likely N-dealkylation sites (tertiary alicyclic amines) is 1. The van der Waals surface area contributed by atoms with Crippen LogP contribution in [0.4, 0.5) is 0 Å². The summed E-state index contributed by atoms with van der Waals surface area (Å²) in [6, 6.07) is 15.3. The van der Waals surface area contributed by atoms with Gasteiger partial charge in [-0.15, -0.1) is 0 Å². The normalized spacial score (nSPS) is 18.3. The quantitative estimate of drug-likeness (QED) is 0.815. The van der Waals surface area contributed by atoms with Crippen LogP contribution in [0.3, 0.4) is 0 Å². The molecule has 2 aromatic carbocycles. The summed E-state index contributed by atoms with van der Waals surface area (Å²) in [5.41, 5.74) is 1.90. The van der Waals surface area contributed by atoms with Crippen LogP contribution in [-0.2, 0) is 11.3 Å². The second-order valence-corrected chi connectivity index (χ2v) is 6.03. The van der Waals surface area contributed by atoms with Gasteiger partial charge in [0.25, 0.3) is 0 Å². The minimum Gasteiger partial charge on any atom is -0.338 e. The monoisotopic (exact) mass is 319 g/mol. The molecule has 0 N–H and O–H groups in total.